The molecule has 2 N–H and O–H groups in total. The molecule has 140 valence electrons. The molecule has 2 aromatic carbocycles. The Hall–Kier alpha value is -3.08. The molecule has 0 spiro atoms. The van der Waals surface area contributed by atoms with Gasteiger partial charge in [-0.1, -0.05) is 24.3 Å². The molecule has 0 aliphatic rings. The SMILES string of the molecule is CCNC(=NCc1ccc2cc(OC)ccc2c1)NCCc1ccccn1. The van der Waals surface area contributed by atoms with Crippen molar-refractivity contribution in [1.29, 1.82) is 0 Å². The predicted molar refractivity (Wildman–Crippen MR) is 111 cm³/mol. The summed E-state index contributed by atoms with van der Waals surface area (Å²) in [6, 6.07) is 18.5. The number of methoxy groups -OCH3 is 1. The maximum absolute atomic E-state index is 5.29. The second-order valence-corrected chi connectivity index (χ2v) is 6.24. The quantitative estimate of drug-likeness (QED) is 0.499. The summed E-state index contributed by atoms with van der Waals surface area (Å²) in [5.41, 5.74) is 2.25. The highest BCUT2D eigenvalue weighted by molar-refractivity contribution is 5.84. The van der Waals surface area contributed by atoms with Crippen LogP contribution >= 0.6 is 0 Å². The average molecular weight is 362 g/mol. The van der Waals surface area contributed by atoms with E-state index in [0.29, 0.717) is 6.54 Å². The second kappa shape index (κ2) is 9.57. The molecule has 1 aromatic heterocycles. The molecule has 0 amide bonds. The van der Waals surface area contributed by atoms with Gasteiger partial charge in [-0.3, -0.25) is 4.98 Å². The lowest BCUT2D eigenvalue weighted by atomic mass is 10.1. The van der Waals surface area contributed by atoms with Crippen LogP contribution < -0.4 is 15.4 Å². The molecule has 0 radical (unpaired) electrons. The molecular weight excluding hydrogens is 336 g/mol. The maximum Gasteiger partial charge on any atom is 0.191 e. The maximum atomic E-state index is 5.29. The monoisotopic (exact) mass is 362 g/mol. The van der Waals surface area contributed by atoms with E-state index in [-0.39, 0.29) is 0 Å². The first kappa shape index (κ1) is 18.7. The summed E-state index contributed by atoms with van der Waals surface area (Å²) in [4.78, 5) is 9.05. The number of aliphatic imine (C=N–C) groups is 1. The third-order valence-electron chi connectivity index (χ3n) is 4.28. The van der Waals surface area contributed by atoms with E-state index in [2.05, 4.69) is 46.8 Å². The Bertz CT molecular complexity index is 893. The summed E-state index contributed by atoms with van der Waals surface area (Å²) in [5.74, 6) is 1.70. The van der Waals surface area contributed by atoms with E-state index >= 15 is 0 Å². The van der Waals surface area contributed by atoms with E-state index < -0.39 is 0 Å². The molecular formula is C22H26N4O. The van der Waals surface area contributed by atoms with Gasteiger partial charge >= 0.3 is 0 Å². The number of fused-ring (bicyclic) bond motifs is 1. The number of hydrogen-bond donors (Lipinski definition) is 2. The molecule has 0 saturated heterocycles. The van der Waals surface area contributed by atoms with E-state index in [4.69, 9.17) is 9.73 Å². The molecule has 3 aromatic rings. The van der Waals surface area contributed by atoms with Crippen molar-refractivity contribution in [3.8, 4) is 5.75 Å². The van der Waals surface area contributed by atoms with Gasteiger partial charge in [-0.25, -0.2) is 4.99 Å². The highest BCUT2D eigenvalue weighted by Gasteiger charge is 2.01. The average Bonchev–Trinajstić information content (AvgIpc) is 2.72. The van der Waals surface area contributed by atoms with Crippen LogP contribution in [-0.4, -0.2) is 31.1 Å². The van der Waals surface area contributed by atoms with Gasteiger partial charge in [0.1, 0.15) is 5.75 Å². The number of benzene rings is 2. The zero-order valence-corrected chi connectivity index (χ0v) is 15.9. The van der Waals surface area contributed by atoms with Crippen LogP contribution in [0, 0.1) is 0 Å². The number of hydrogen-bond acceptors (Lipinski definition) is 3. The molecule has 0 fully saturated rings. The fourth-order valence-corrected chi connectivity index (χ4v) is 2.87. The number of rotatable bonds is 7. The Labute approximate surface area is 160 Å². The fourth-order valence-electron chi connectivity index (χ4n) is 2.87. The van der Waals surface area contributed by atoms with Gasteiger partial charge in [-0.15, -0.1) is 0 Å². The zero-order chi connectivity index (χ0) is 18.9. The Morgan fingerprint density at radius 3 is 2.67 bits per heavy atom. The van der Waals surface area contributed by atoms with Crippen molar-refractivity contribution in [2.24, 2.45) is 4.99 Å². The van der Waals surface area contributed by atoms with E-state index in [1.54, 1.807) is 7.11 Å². The van der Waals surface area contributed by atoms with Crippen molar-refractivity contribution >= 4 is 16.7 Å². The third kappa shape index (κ3) is 5.45. The van der Waals surface area contributed by atoms with Crippen molar-refractivity contribution in [3.63, 3.8) is 0 Å². The Kier molecular flexibility index (Phi) is 6.63. The van der Waals surface area contributed by atoms with Crippen molar-refractivity contribution in [1.82, 2.24) is 15.6 Å². The van der Waals surface area contributed by atoms with Gasteiger partial charge in [0.2, 0.25) is 0 Å². The number of aromatic nitrogens is 1. The number of guanidine groups is 1. The summed E-state index contributed by atoms with van der Waals surface area (Å²) in [5, 5.41) is 9.03. The molecule has 0 aliphatic carbocycles. The van der Waals surface area contributed by atoms with Crippen LogP contribution in [0.25, 0.3) is 10.8 Å². The summed E-state index contributed by atoms with van der Waals surface area (Å²) >= 11 is 0. The molecule has 0 unspecified atom stereocenters. The van der Waals surface area contributed by atoms with E-state index in [1.165, 1.54) is 16.3 Å². The number of nitrogens with one attached hydrogen (secondary N) is 2. The smallest absolute Gasteiger partial charge is 0.191 e. The highest BCUT2D eigenvalue weighted by Crippen LogP contribution is 2.22. The number of ether oxygens (including phenoxy) is 1. The van der Waals surface area contributed by atoms with Crippen LogP contribution in [0.15, 0.2) is 65.8 Å². The minimum absolute atomic E-state index is 0.626. The molecule has 0 saturated carbocycles. The number of nitrogens with zero attached hydrogens (tertiary/aromatic N) is 2. The first-order valence-corrected chi connectivity index (χ1v) is 9.27. The van der Waals surface area contributed by atoms with Gasteiger partial charge in [-0.2, -0.15) is 0 Å². The summed E-state index contributed by atoms with van der Waals surface area (Å²) < 4.78 is 5.29. The van der Waals surface area contributed by atoms with Crippen LogP contribution in [0.1, 0.15) is 18.2 Å². The van der Waals surface area contributed by atoms with Gasteiger partial charge in [0.25, 0.3) is 0 Å². The van der Waals surface area contributed by atoms with Crippen LogP contribution in [0.2, 0.25) is 0 Å². The minimum atomic E-state index is 0.626. The molecule has 1 heterocycles. The first-order valence-electron chi connectivity index (χ1n) is 9.27. The van der Waals surface area contributed by atoms with Crippen LogP contribution in [-0.2, 0) is 13.0 Å². The Balaban J connectivity index is 1.62. The molecule has 0 bridgehead atoms. The molecule has 0 aliphatic heterocycles. The molecule has 3 rings (SSSR count). The lowest BCUT2D eigenvalue weighted by Crippen LogP contribution is -2.38. The molecule has 5 heteroatoms. The minimum Gasteiger partial charge on any atom is -0.497 e. The highest BCUT2D eigenvalue weighted by atomic mass is 16.5. The van der Waals surface area contributed by atoms with Gasteiger partial charge in [0, 0.05) is 31.4 Å². The lowest BCUT2D eigenvalue weighted by molar-refractivity contribution is 0.415. The van der Waals surface area contributed by atoms with Gasteiger partial charge < -0.3 is 15.4 Å². The second-order valence-electron chi connectivity index (χ2n) is 6.24. The van der Waals surface area contributed by atoms with Gasteiger partial charge in [0.15, 0.2) is 5.96 Å². The lowest BCUT2D eigenvalue weighted by Gasteiger charge is -2.11. The van der Waals surface area contributed by atoms with Crippen molar-refractivity contribution < 1.29 is 4.74 Å². The van der Waals surface area contributed by atoms with E-state index in [0.717, 1.165) is 36.9 Å². The topological polar surface area (TPSA) is 58.5 Å². The van der Waals surface area contributed by atoms with E-state index in [1.807, 2.05) is 36.5 Å². The summed E-state index contributed by atoms with van der Waals surface area (Å²) in [7, 11) is 1.69. The molecule has 27 heavy (non-hydrogen) atoms. The predicted octanol–water partition coefficient (Wildman–Crippen LogP) is 3.54. The van der Waals surface area contributed by atoms with Crippen LogP contribution in [0.3, 0.4) is 0 Å². The van der Waals surface area contributed by atoms with Crippen LogP contribution in [0.5, 0.6) is 5.75 Å². The summed E-state index contributed by atoms with van der Waals surface area (Å²) in [6.07, 6.45) is 2.69. The summed E-state index contributed by atoms with van der Waals surface area (Å²) in [6.45, 7) is 4.31. The third-order valence-corrected chi connectivity index (χ3v) is 4.28. The van der Waals surface area contributed by atoms with E-state index in [9.17, 15) is 0 Å². The zero-order valence-electron chi connectivity index (χ0n) is 15.9. The fraction of sp³-hybridized carbons (Fsp3) is 0.273. The Morgan fingerprint density at radius 2 is 1.89 bits per heavy atom. The van der Waals surface area contributed by atoms with Crippen molar-refractivity contribution in [2.75, 3.05) is 20.2 Å². The number of pyridine rings is 1. The van der Waals surface area contributed by atoms with Gasteiger partial charge in [0.05, 0.1) is 13.7 Å². The standard InChI is InChI=1S/C22H26N4O/c1-3-23-22(25-13-11-20-6-4-5-12-24-20)26-16-17-7-8-19-15-21(27-2)10-9-18(19)14-17/h4-10,12,14-15H,3,11,13,16H2,1-2H3,(H2,23,25,26). The van der Waals surface area contributed by atoms with Gasteiger partial charge in [-0.05, 0) is 53.6 Å². The first-order chi connectivity index (χ1) is 13.3. The largest absolute Gasteiger partial charge is 0.497 e. The Morgan fingerprint density at radius 1 is 1.04 bits per heavy atom. The van der Waals surface area contributed by atoms with Crippen molar-refractivity contribution in [3.05, 3.63) is 72.1 Å². The van der Waals surface area contributed by atoms with Crippen molar-refractivity contribution in [2.45, 2.75) is 19.9 Å². The van der Waals surface area contributed by atoms with Crippen LogP contribution in [0.4, 0.5) is 0 Å². The molecule has 0 atom stereocenters. The molecule has 5 nitrogen and oxygen atoms in total. The normalized spacial score (nSPS) is 11.4.